The number of amides is 1. The van der Waals surface area contributed by atoms with Gasteiger partial charge in [-0.25, -0.2) is 0 Å². The second-order valence-corrected chi connectivity index (χ2v) is 4.47. The molecule has 0 saturated carbocycles. The number of ether oxygens (including phenoxy) is 1. The van der Waals surface area contributed by atoms with E-state index in [-0.39, 0.29) is 18.6 Å². The smallest absolute Gasteiger partial charge is 0.239 e. The van der Waals surface area contributed by atoms with E-state index in [2.05, 4.69) is 0 Å². The van der Waals surface area contributed by atoms with Gasteiger partial charge < -0.3 is 20.5 Å². The maximum atomic E-state index is 12.2. The van der Waals surface area contributed by atoms with Crippen molar-refractivity contribution in [3.63, 3.8) is 0 Å². The molecule has 0 aliphatic heterocycles. The predicted octanol–water partition coefficient (Wildman–Crippen LogP) is 0.750. The molecule has 0 bridgehead atoms. The zero-order chi connectivity index (χ0) is 14.0. The number of methoxy groups -OCH3 is 1. The lowest BCUT2D eigenvalue weighted by atomic mass is 10.1. The summed E-state index contributed by atoms with van der Waals surface area (Å²) in [6.07, 6.45) is 3.16. The second kappa shape index (κ2) is 10.3. The molecule has 0 aliphatic rings. The highest BCUT2D eigenvalue weighted by atomic mass is 16.5. The molecule has 108 valence electrons. The Bertz CT molecular complexity index is 220. The normalized spacial score (nSPS) is 12.8. The number of hydrogen-bond donors (Lipinski definition) is 2. The van der Waals surface area contributed by atoms with Crippen LogP contribution >= 0.6 is 0 Å². The SMILES string of the molecule is CCC(CC)N(CCO)C(=O)C(N)CCCOC. The van der Waals surface area contributed by atoms with Crippen LogP contribution in [0.25, 0.3) is 0 Å². The summed E-state index contributed by atoms with van der Waals surface area (Å²) < 4.78 is 4.95. The van der Waals surface area contributed by atoms with Gasteiger partial charge in [-0.1, -0.05) is 13.8 Å². The van der Waals surface area contributed by atoms with E-state index in [0.717, 1.165) is 19.3 Å². The van der Waals surface area contributed by atoms with Gasteiger partial charge in [-0.15, -0.1) is 0 Å². The van der Waals surface area contributed by atoms with Crippen molar-refractivity contribution in [2.45, 2.75) is 51.6 Å². The molecular formula is C13H28N2O3. The minimum Gasteiger partial charge on any atom is -0.395 e. The molecule has 0 aliphatic carbocycles. The maximum Gasteiger partial charge on any atom is 0.239 e. The van der Waals surface area contributed by atoms with E-state index >= 15 is 0 Å². The summed E-state index contributed by atoms with van der Waals surface area (Å²) in [5.41, 5.74) is 5.91. The Balaban J connectivity index is 4.43. The Morgan fingerprint density at radius 2 is 2.00 bits per heavy atom. The summed E-state index contributed by atoms with van der Waals surface area (Å²) in [6, 6.07) is -0.328. The van der Waals surface area contributed by atoms with Crippen LogP contribution in [0.5, 0.6) is 0 Å². The Labute approximate surface area is 110 Å². The topological polar surface area (TPSA) is 75.8 Å². The number of rotatable bonds is 10. The lowest BCUT2D eigenvalue weighted by molar-refractivity contribution is -0.136. The van der Waals surface area contributed by atoms with E-state index in [4.69, 9.17) is 15.6 Å². The van der Waals surface area contributed by atoms with Gasteiger partial charge in [0.1, 0.15) is 0 Å². The fraction of sp³-hybridized carbons (Fsp3) is 0.923. The molecule has 5 nitrogen and oxygen atoms in total. The van der Waals surface area contributed by atoms with E-state index in [1.54, 1.807) is 12.0 Å². The van der Waals surface area contributed by atoms with Crippen LogP contribution in [0, 0.1) is 0 Å². The van der Waals surface area contributed by atoms with Crippen LogP contribution in [0.1, 0.15) is 39.5 Å². The van der Waals surface area contributed by atoms with Crippen molar-refractivity contribution in [1.29, 1.82) is 0 Å². The number of nitrogens with two attached hydrogens (primary N) is 1. The van der Waals surface area contributed by atoms with E-state index in [9.17, 15) is 4.79 Å². The van der Waals surface area contributed by atoms with Crippen LogP contribution in [-0.2, 0) is 9.53 Å². The molecule has 1 unspecified atom stereocenters. The molecule has 3 N–H and O–H groups in total. The van der Waals surface area contributed by atoms with E-state index in [0.29, 0.717) is 19.6 Å². The molecule has 0 aromatic rings. The molecule has 0 heterocycles. The Morgan fingerprint density at radius 1 is 1.39 bits per heavy atom. The van der Waals surface area contributed by atoms with Crippen LogP contribution in [-0.4, -0.2) is 54.9 Å². The number of hydrogen-bond acceptors (Lipinski definition) is 4. The van der Waals surface area contributed by atoms with Gasteiger partial charge in [0.15, 0.2) is 0 Å². The lowest BCUT2D eigenvalue weighted by Crippen LogP contribution is -2.49. The largest absolute Gasteiger partial charge is 0.395 e. The number of carbonyl (C=O) groups excluding carboxylic acids is 1. The Morgan fingerprint density at radius 3 is 2.44 bits per heavy atom. The van der Waals surface area contributed by atoms with Crippen molar-refractivity contribution in [2.75, 3.05) is 26.9 Å². The van der Waals surface area contributed by atoms with Crippen molar-refractivity contribution in [1.82, 2.24) is 4.90 Å². The molecule has 18 heavy (non-hydrogen) atoms. The van der Waals surface area contributed by atoms with Crippen LogP contribution in [0.3, 0.4) is 0 Å². The number of nitrogens with zero attached hydrogens (tertiary/aromatic N) is 1. The third-order valence-corrected chi connectivity index (χ3v) is 3.19. The fourth-order valence-corrected chi connectivity index (χ4v) is 2.09. The molecule has 0 rings (SSSR count). The first-order valence-corrected chi connectivity index (χ1v) is 6.78. The zero-order valence-electron chi connectivity index (χ0n) is 11.9. The first-order chi connectivity index (χ1) is 8.62. The second-order valence-electron chi connectivity index (χ2n) is 4.47. The molecule has 5 heteroatoms. The van der Waals surface area contributed by atoms with Gasteiger partial charge in [0.05, 0.1) is 12.6 Å². The minimum atomic E-state index is -0.493. The maximum absolute atomic E-state index is 12.2. The highest BCUT2D eigenvalue weighted by Gasteiger charge is 2.25. The predicted molar refractivity (Wildman–Crippen MR) is 72.3 cm³/mol. The zero-order valence-corrected chi connectivity index (χ0v) is 11.9. The molecule has 1 amide bonds. The first kappa shape index (κ1) is 17.4. The molecule has 0 fully saturated rings. The summed E-state index contributed by atoms with van der Waals surface area (Å²) >= 11 is 0. The van der Waals surface area contributed by atoms with Gasteiger partial charge >= 0.3 is 0 Å². The average Bonchev–Trinajstić information content (AvgIpc) is 2.38. The number of aliphatic hydroxyl groups excluding tert-OH is 1. The molecular weight excluding hydrogens is 232 g/mol. The highest BCUT2D eigenvalue weighted by molar-refractivity contribution is 5.81. The average molecular weight is 260 g/mol. The molecule has 1 atom stereocenters. The molecule has 0 radical (unpaired) electrons. The summed E-state index contributed by atoms with van der Waals surface area (Å²) in [5.74, 6) is -0.0612. The monoisotopic (exact) mass is 260 g/mol. The summed E-state index contributed by atoms with van der Waals surface area (Å²) in [6.45, 7) is 5.05. The van der Waals surface area contributed by atoms with Crippen LogP contribution in [0.2, 0.25) is 0 Å². The highest BCUT2D eigenvalue weighted by Crippen LogP contribution is 2.11. The third kappa shape index (κ3) is 5.80. The Kier molecular flexibility index (Phi) is 9.92. The van der Waals surface area contributed by atoms with Crippen molar-refractivity contribution < 1.29 is 14.6 Å². The van der Waals surface area contributed by atoms with Crippen LogP contribution in [0.4, 0.5) is 0 Å². The van der Waals surface area contributed by atoms with Crippen molar-refractivity contribution in [3.05, 3.63) is 0 Å². The molecule has 0 saturated heterocycles. The lowest BCUT2D eigenvalue weighted by Gasteiger charge is -2.32. The molecule has 0 aromatic carbocycles. The first-order valence-electron chi connectivity index (χ1n) is 6.78. The number of carbonyl (C=O) groups is 1. The van der Waals surface area contributed by atoms with Crippen LogP contribution in [0.15, 0.2) is 0 Å². The standard InChI is InChI=1S/C13H28N2O3/c1-4-11(5-2)15(8-9-16)13(17)12(14)7-6-10-18-3/h11-12,16H,4-10,14H2,1-3H3. The minimum absolute atomic E-state index is 0.0208. The van der Waals surface area contributed by atoms with E-state index in [1.807, 2.05) is 13.8 Å². The van der Waals surface area contributed by atoms with Gasteiger partial charge in [-0.2, -0.15) is 0 Å². The Hall–Kier alpha value is -0.650. The van der Waals surface area contributed by atoms with Gasteiger partial charge in [0, 0.05) is 26.3 Å². The van der Waals surface area contributed by atoms with Crippen molar-refractivity contribution >= 4 is 5.91 Å². The van der Waals surface area contributed by atoms with Crippen LogP contribution < -0.4 is 5.73 Å². The van der Waals surface area contributed by atoms with Crippen molar-refractivity contribution in [3.8, 4) is 0 Å². The quantitative estimate of drug-likeness (QED) is 0.568. The van der Waals surface area contributed by atoms with Crippen molar-refractivity contribution in [2.24, 2.45) is 5.73 Å². The van der Waals surface area contributed by atoms with Gasteiger partial charge in [0.2, 0.25) is 5.91 Å². The van der Waals surface area contributed by atoms with E-state index < -0.39 is 6.04 Å². The summed E-state index contributed by atoms with van der Waals surface area (Å²) in [5, 5.41) is 9.07. The summed E-state index contributed by atoms with van der Waals surface area (Å²) in [7, 11) is 1.63. The fourth-order valence-electron chi connectivity index (χ4n) is 2.09. The third-order valence-electron chi connectivity index (χ3n) is 3.19. The van der Waals surface area contributed by atoms with Gasteiger partial charge in [-0.05, 0) is 25.7 Å². The summed E-state index contributed by atoms with van der Waals surface area (Å²) in [4.78, 5) is 14.0. The van der Waals surface area contributed by atoms with Gasteiger partial charge in [-0.3, -0.25) is 4.79 Å². The van der Waals surface area contributed by atoms with E-state index in [1.165, 1.54) is 0 Å². The molecule has 0 aromatic heterocycles. The number of aliphatic hydroxyl groups is 1. The van der Waals surface area contributed by atoms with Gasteiger partial charge in [0.25, 0.3) is 0 Å². The molecule has 0 spiro atoms.